The predicted molar refractivity (Wildman–Crippen MR) is 49.9 cm³/mol. The van der Waals surface area contributed by atoms with Crippen LogP contribution in [0.15, 0.2) is 0 Å². The topological polar surface area (TPSA) is 26.3 Å². The Kier molecular flexibility index (Phi) is 5.12. The largest absolute Gasteiger partial charge is 0.526 e. The molecule has 0 saturated carbocycles. The number of halogens is 1. The maximum Gasteiger partial charge on any atom is 0.455 e. The lowest BCUT2D eigenvalue weighted by Crippen LogP contribution is -2.19. The Bertz CT molecular complexity index is 116. The Balaban J connectivity index is 3.71. The molecule has 0 aliphatic rings. The molecule has 4 heteroatoms. The maximum atomic E-state index is 10.9. The van der Waals surface area contributed by atoms with Crippen molar-refractivity contribution < 1.29 is 9.45 Å². The fourth-order valence-electron chi connectivity index (χ4n) is 0.423. The van der Waals surface area contributed by atoms with Crippen LogP contribution in [0, 0.1) is 11.8 Å². The van der Waals surface area contributed by atoms with Gasteiger partial charge >= 0.3 is 5.34 Å². The van der Waals surface area contributed by atoms with E-state index in [1.807, 2.05) is 43.1 Å². The Labute approximate surface area is 75.9 Å². The molecule has 0 spiro atoms. The summed E-state index contributed by atoms with van der Waals surface area (Å²) in [6, 6.07) is 0. The van der Waals surface area contributed by atoms with Gasteiger partial charge in [0.15, 0.2) is 0 Å². The van der Waals surface area contributed by atoms with Gasteiger partial charge in [-0.15, -0.1) is 0 Å². The molecule has 0 aliphatic carbocycles. The van der Waals surface area contributed by atoms with Crippen LogP contribution in [-0.4, -0.2) is 11.3 Å². The molecule has 0 aromatic carbocycles. The first-order chi connectivity index (χ1) is 4.59. The minimum Gasteiger partial charge on any atom is -0.526 e. The number of hydrogen-bond donors (Lipinski definition) is 0. The van der Waals surface area contributed by atoms with Gasteiger partial charge in [0.25, 0.3) is 5.97 Å². The third-order valence-electron chi connectivity index (χ3n) is 1.53. The van der Waals surface area contributed by atoms with Crippen LogP contribution >= 0.6 is 22.4 Å². The van der Waals surface area contributed by atoms with E-state index in [-0.39, 0.29) is 11.9 Å². The van der Waals surface area contributed by atoms with E-state index >= 15 is 0 Å². The second-order valence-corrected chi connectivity index (χ2v) is 3.07. The van der Waals surface area contributed by atoms with Crippen molar-refractivity contribution >= 4 is 33.7 Å². The van der Waals surface area contributed by atoms with E-state index in [9.17, 15) is 4.79 Å². The Morgan fingerprint density at radius 3 is 2.30 bits per heavy atom. The Morgan fingerprint density at radius 1 is 1.50 bits per heavy atom. The number of hydrogen-bond acceptors (Lipinski definition) is 2. The molecule has 0 amide bonds. The average molecular weight is 253 g/mol. The monoisotopic (exact) mass is 253 g/mol. The Morgan fingerprint density at radius 2 is 2.00 bits per heavy atom. The first-order valence-electron chi connectivity index (χ1n) is 3.22. The zero-order valence-corrected chi connectivity index (χ0v) is 8.58. The van der Waals surface area contributed by atoms with Crippen molar-refractivity contribution in [3.8, 4) is 0 Å². The molecule has 0 fully saturated rings. The number of carbonyl (C=O) groups excluding carboxylic acids is 1. The average Bonchev–Trinajstić information content (AvgIpc) is 1.87. The van der Waals surface area contributed by atoms with Crippen molar-refractivity contribution in [1.29, 1.82) is 0 Å². The lowest BCUT2D eigenvalue weighted by atomic mass is 9.98. The van der Waals surface area contributed by atoms with Crippen LogP contribution in [0.2, 0.25) is 0 Å². The van der Waals surface area contributed by atoms with Gasteiger partial charge in [0.2, 0.25) is 0 Å². The van der Waals surface area contributed by atoms with E-state index in [0.29, 0.717) is 5.92 Å². The molecule has 0 aromatic rings. The molecule has 0 heterocycles. The molecule has 57 valence electrons. The smallest absolute Gasteiger partial charge is 0.455 e. The summed E-state index contributed by atoms with van der Waals surface area (Å²) in [5.41, 5.74) is 0. The molecule has 0 aromatic heterocycles. The summed E-state index contributed by atoms with van der Waals surface area (Å²) in [6.45, 7) is 5.87. The number of carbonyl (C=O) groups is 1. The third kappa shape index (κ3) is 3.44. The van der Waals surface area contributed by atoms with Crippen molar-refractivity contribution in [2.45, 2.75) is 20.8 Å². The SMILES string of the molecule is CC(C)C(C)C(=O)O[B]I. The summed E-state index contributed by atoms with van der Waals surface area (Å²) >= 11 is 1.89. The maximum absolute atomic E-state index is 10.9. The van der Waals surface area contributed by atoms with E-state index in [1.54, 1.807) is 0 Å². The second kappa shape index (κ2) is 4.99. The van der Waals surface area contributed by atoms with Gasteiger partial charge in [0.05, 0.1) is 5.92 Å². The van der Waals surface area contributed by atoms with E-state index in [2.05, 4.69) is 4.65 Å². The van der Waals surface area contributed by atoms with Crippen LogP contribution in [0.4, 0.5) is 0 Å². The standard InChI is InChI=1S/C6H11BIO2/c1-4(2)5(3)6(9)10-7-8/h4-5H,1-3H3. The molecular weight excluding hydrogens is 242 g/mol. The summed E-state index contributed by atoms with van der Waals surface area (Å²) in [6.07, 6.45) is 0. The van der Waals surface area contributed by atoms with E-state index in [4.69, 9.17) is 0 Å². The van der Waals surface area contributed by atoms with Crippen molar-refractivity contribution in [2.75, 3.05) is 0 Å². The fourth-order valence-corrected chi connectivity index (χ4v) is 0.674. The predicted octanol–water partition coefficient (Wildman–Crippen LogP) is 1.79. The molecule has 2 nitrogen and oxygen atoms in total. The van der Waals surface area contributed by atoms with E-state index < -0.39 is 0 Å². The van der Waals surface area contributed by atoms with Gasteiger partial charge in [-0.05, 0) is 5.92 Å². The molecule has 0 N–H and O–H groups in total. The first kappa shape index (κ1) is 10.3. The summed E-state index contributed by atoms with van der Waals surface area (Å²) in [5, 5.41) is 1.39. The van der Waals surface area contributed by atoms with Gasteiger partial charge in [-0.25, -0.2) is 0 Å². The summed E-state index contributed by atoms with van der Waals surface area (Å²) in [7, 11) is 0. The van der Waals surface area contributed by atoms with E-state index in [0.717, 1.165) is 0 Å². The molecule has 0 aliphatic heterocycles. The second-order valence-electron chi connectivity index (χ2n) is 2.56. The minimum atomic E-state index is -0.149. The van der Waals surface area contributed by atoms with Crippen molar-refractivity contribution in [3.05, 3.63) is 0 Å². The lowest BCUT2D eigenvalue weighted by molar-refractivity contribution is -0.139. The van der Waals surface area contributed by atoms with Gasteiger partial charge in [-0.2, -0.15) is 0 Å². The highest BCUT2D eigenvalue weighted by Gasteiger charge is 2.17. The molecule has 10 heavy (non-hydrogen) atoms. The zero-order valence-electron chi connectivity index (χ0n) is 6.43. The third-order valence-corrected chi connectivity index (χ3v) is 1.79. The lowest BCUT2D eigenvalue weighted by Gasteiger charge is -2.12. The van der Waals surface area contributed by atoms with Crippen LogP contribution in [-0.2, 0) is 9.45 Å². The Hall–Kier alpha value is 0.265. The number of rotatable bonds is 3. The van der Waals surface area contributed by atoms with Crippen LogP contribution in [0.25, 0.3) is 0 Å². The molecular formula is C6H11BIO2. The van der Waals surface area contributed by atoms with Crippen molar-refractivity contribution in [1.82, 2.24) is 0 Å². The fraction of sp³-hybridized carbons (Fsp3) is 0.833. The van der Waals surface area contributed by atoms with E-state index in [1.165, 1.54) is 5.34 Å². The molecule has 0 bridgehead atoms. The highest BCUT2D eigenvalue weighted by atomic mass is 127. The van der Waals surface area contributed by atoms with Gasteiger partial charge in [-0.1, -0.05) is 43.1 Å². The van der Waals surface area contributed by atoms with Crippen LogP contribution in [0.3, 0.4) is 0 Å². The summed E-state index contributed by atoms with van der Waals surface area (Å²) in [4.78, 5) is 10.9. The van der Waals surface area contributed by atoms with Gasteiger partial charge < -0.3 is 4.65 Å². The highest BCUT2D eigenvalue weighted by Crippen LogP contribution is 2.10. The molecule has 0 rings (SSSR count). The zero-order chi connectivity index (χ0) is 8.15. The minimum absolute atomic E-state index is 0.00832. The molecule has 0 saturated heterocycles. The normalized spacial score (nSPS) is 12.9. The van der Waals surface area contributed by atoms with Gasteiger partial charge in [-0.3, -0.25) is 4.79 Å². The van der Waals surface area contributed by atoms with Crippen LogP contribution in [0.1, 0.15) is 20.8 Å². The molecule has 1 unspecified atom stereocenters. The first-order valence-corrected chi connectivity index (χ1v) is 4.46. The molecule has 1 atom stereocenters. The van der Waals surface area contributed by atoms with Crippen molar-refractivity contribution in [3.63, 3.8) is 0 Å². The highest BCUT2D eigenvalue weighted by molar-refractivity contribution is 14.1. The summed E-state index contributed by atoms with van der Waals surface area (Å²) < 4.78 is 4.69. The molecule has 1 radical (unpaired) electrons. The van der Waals surface area contributed by atoms with Gasteiger partial charge in [0.1, 0.15) is 0 Å². The van der Waals surface area contributed by atoms with Crippen LogP contribution < -0.4 is 0 Å². The van der Waals surface area contributed by atoms with Crippen LogP contribution in [0.5, 0.6) is 0 Å². The van der Waals surface area contributed by atoms with Gasteiger partial charge in [0, 0.05) is 0 Å². The summed E-state index contributed by atoms with van der Waals surface area (Å²) in [5.74, 6) is 0.194. The quantitative estimate of drug-likeness (QED) is 0.566. The van der Waals surface area contributed by atoms with Crippen molar-refractivity contribution in [2.24, 2.45) is 11.8 Å².